The van der Waals surface area contributed by atoms with Crippen LogP contribution in [0.5, 0.6) is 5.75 Å². The average molecular weight is 313 g/mol. The van der Waals surface area contributed by atoms with Gasteiger partial charge in [0.15, 0.2) is 0 Å². The summed E-state index contributed by atoms with van der Waals surface area (Å²) in [6.45, 7) is 2.87. The third-order valence-electron chi connectivity index (χ3n) is 3.57. The fourth-order valence-corrected chi connectivity index (χ4v) is 2.20. The molecule has 23 heavy (non-hydrogen) atoms. The molecule has 1 aromatic carbocycles. The Balaban J connectivity index is 2.06. The van der Waals surface area contributed by atoms with Crippen LogP contribution in [0.3, 0.4) is 0 Å². The number of rotatable bonds is 7. The molecule has 0 radical (unpaired) electrons. The highest BCUT2D eigenvalue weighted by Gasteiger charge is 2.11. The maximum atomic E-state index is 12.3. The number of methoxy groups -OCH3 is 1. The van der Waals surface area contributed by atoms with Crippen molar-refractivity contribution in [3.05, 3.63) is 48.2 Å². The fraction of sp³-hybridized carbons (Fsp3) is 0.333. The highest BCUT2D eigenvalue weighted by Crippen LogP contribution is 2.26. The summed E-state index contributed by atoms with van der Waals surface area (Å²) < 4.78 is 5.30. The molecule has 0 bridgehead atoms. The molecular formula is C18H23N3O2. The third kappa shape index (κ3) is 4.45. The molecular weight excluding hydrogens is 290 g/mol. The van der Waals surface area contributed by atoms with Crippen LogP contribution in [0, 0.1) is 0 Å². The number of hydrogen-bond donors (Lipinski definition) is 1. The van der Waals surface area contributed by atoms with E-state index in [0.29, 0.717) is 11.4 Å². The van der Waals surface area contributed by atoms with Gasteiger partial charge in [0, 0.05) is 19.8 Å². The van der Waals surface area contributed by atoms with Crippen molar-refractivity contribution in [3.8, 4) is 5.75 Å². The predicted molar refractivity (Wildman–Crippen MR) is 92.4 cm³/mol. The number of carbonyl (C=O) groups is 1. The lowest BCUT2D eigenvalue weighted by Crippen LogP contribution is -2.27. The van der Waals surface area contributed by atoms with Crippen molar-refractivity contribution in [2.24, 2.45) is 0 Å². The zero-order valence-electron chi connectivity index (χ0n) is 13.9. The molecule has 0 saturated heterocycles. The summed E-state index contributed by atoms with van der Waals surface area (Å²) in [5.74, 6) is 1.41. The van der Waals surface area contributed by atoms with Gasteiger partial charge in [-0.25, -0.2) is 4.98 Å². The molecule has 1 aromatic heterocycles. The van der Waals surface area contributed by atoms with E-state index in [2.05, 4.69) is 17.2 Å². The molecule has 0 atom stereocenters. The summed E-state index contributed by atoms with van der Waals surface area (Å²) >= 11 is 0. The van der Waals surface area contributed by atoms with Crippen LogP contribution in [0.15, 0.2) is 42.6 Å². The number of pyridine rings is 1. The Kier molecular flexibility index (Phi) is 5.97. The molecule has 2 aromatic rings. The number of aromatic nitrogens is 1. The number of nitrogens with zero attached hydrogens (tertiary/aromatic N) is 2. The van der Waals surface area contributed by atoms with Crippen LogP contribution in [-0.2, 0) is 0 Å². The van der Waals surface area contributed by atoms with Crippen LogP contribution in [0.2, 0.25) is 0 Å². The average Bonchev–Trinajstić information content (AvgIpc) is 2.60. The van der Waals surface area contributed by atoms with Gasteiger partial charge in [0.05, 0.1) is 18.4 Å². The van der Waals surface area contributed by atoms with Crippen molar-refractivity contribution in [2.75, 3.05) is 26.0 Å². The topological polar surface area (TPSA) is 54.5 Å². The molecule has 0 saturated carbocycles. The Hall–Kier alpha value is -2.56. The first-order valence-electron chi connectivity index (χ1n) is 7.77. The van der Waals surface area contributed by atoms with Gasteiger partial charge in [0.2, 0.25) is 0 Å². The van der Waals surface area contributed by atoms with E-state index in [4.69, 9.17) is 4.74 Å². The highest BCUT2D eigenvalue weighted by molar-refractivity contribution is 5.94. The third-order valence-corrected chi connectivity index (χ3v) is 3.57. The Morgan fingerprint density at radius 1 is 1.26 bits per heavy atom. The van der Waals surface area contributed by atoms with Crippen LogP contribution in [0.4, 0.5) is 11.5 Å². The lowest BCUT2D eigenvalue weighted by atomic mass is 10.2. The monoisotopic (exact) mass is 313 g/mol. The SMILES string of the molecule is CCCCN(C)C(=O)c1ccc(Nc2ccccc2OC)nc1. The van der Waals surface area contributed by atoms with Gasteiger partial charge in [-0.05, 0) is 30.7 Å². The normalized spacial score (nSPS) is 10.2. The summed E-state index contributed by atoms with van der Waals surface area (Å²) in [7, 11) is 3.45. The molecule has 5 heteroatoms. The van der Waals surface area contributed by atoms with E-state index in [-0.39, 0.29) is 5.91 Å². The standard InChI is InChI=1S/C18H23N3O2/c1-4-5-12-21(2)18(22)14-10-11-17(19-13-14)20-15-8-6-7-9-16(15)23-3/h6-11,13H,4-5,12H2,1-3H3,(H,19,20). The van der Waals surface area contributed by atoms with Crippen molar-refractivity contribution >= 4 is 17.4 Å². The lowest BCUT2D eigenvalue weighted by molar-refractivity contribution is 0.0793. The molecule has 5 nitrogen and oxygen atoms in total. The van der Waals surface area contributed by atoms with Gasteiger partial charge in [0.25, 0.3) is 5.91 Å². The van der Waals surface area contributed by atoms with Crippen molar-refractivity contribution in [1.29, 1.82) is 0 Å². The summed E-state index contributed by atoms with van der Waals surface area (Å²) in [6, 6.07) is 11.2. The first-order valence-corrected chi connectivity index (χ1v) is 7.77. The van der Waals surface area contributed by atoms with Crippen molar-refractivity contribution < 1.29 is 9.53 Å². The fourth-order valence-electron chi connectivity index (χ4n) is 2.20. The maximum Gasteiger partial charge on any atom is 0.255 e. The van der Waals surface area contributed by atoms with E-state index in [1.807, 2.05) is 31.3 Å². The lowest BCUT2D eigenvalue weighted by Gasteiger charge is -2.16. The maximum absolute atomic E-state index is 12.3. The van der Waals surface area contributed by atoms with Gasteiger partial charge in [-0.1, -0.05) is 25.5 Å². The van der Waals surface area contributed by atoms with Gasteiger partial charge in [-0.2, -0.15) is 0 Å². The smallest absolute Gasteiger partial charge is 0.255 e. The second-order valence-corrected chi connectivity index (χ2v) is 5.34. The van der Waals surface area contributed by atoms with Crippen LogP contribution in [0.25, 0.3) is 0 Å². The quantitative estimate of drug-likeness (QED) is 0.846. The molecule has 1 N–H and O–H groups in total. The number of amides is 1. The molecule has 1 amide bonds. The minimum absolute atomic E-state index is 0.00482. The molecule has 1 heterocycles. The highest BCUT2D eigenvalue weighted by atomic mass is 16.5. The Labute approximate surface area is 137 Å². The Morgan fingerprint density at radius 2 is 2.04 bits per heavy atom. The first-order chi connectivity index (χ1) is 11.2. The molecule has 0 unspecified atom stereocenters. The van der Waals surface area contributed by atoms with Crippen LogP contribution < -0.4 is 10.1 Å². The van der Waals surface area contributed by atoms with Crippen molar-refractivity contribution in [3.63, 3.8) is 0 Å². The van der Waals surface area contributed by atoms with Gasteiger partial charge < -0.3 is 15.0 Å². The number of carbonyl (C=O) groups excluding carboxylic acids is 1. The van der Waals surface area contributed by atoms with Crippen LogP contribution in [0.1, 0.15) is 30.1 Å². The molecule has 122 valence electrons. The van der Waals surface area contributed by atoms with E-state index in [0.717, 1.165) is 30.8 Å². The predicted octanol–water partition coefficient (Wildman–Crippen LogP) is 3.71. The Morgan fingerprint density at radius 3 is 2.70 bits per heavy atom. The number of hydrogen-bond acceptors (Lipinski definition) is 4. The Bertz CT molecular complexity index is 641. The molecule has 0 aliphatic carbocycles. The molecule has 0 aliphatic rings. The van der Waals surface area contributed by atoms with E-state index in [1.54, 1.807) is 30.3 Å². The number of nitrogens with one attached hydrogen (secondary N) is 1. The molecule has 2 rings (SSSR count). The van der Waals surface area contributed by atoms with E-state index >= 15 is 0 Å². The van der Waals surface area contributed by atoms with Gasteiger partial charge in [-0.3, -0.25) is 4.79 Å². The number of unbranched alkanes of at least 4 members (excludes halogenated alkanes) is 1. The largest absolute Gasteiger partial charge is 0.495 e. The minimum Gasteiger partial charge on any atom is -0.495 e. The zero-order valence-corrected chi connectivity index (χ0v) is 13.9. The summed E-state index contributed by atoms with van der Waals surface area (Å²) in [5, 5.41) is 3.19. The zero-order chi connectivity index (χ0) is 16.7. The summed E-state index contributed by atoms with van der Waals surface area (Å²) in [4.78, 5) is 18.3. The van der Waals surface area contributed by atoms with Gasteiger partial charge in [0.1, 0.15) is 11.6 Å². The van der Waals surface area contributed by atoms with Crippen LogP contribution in [-0.4, -0.2) is 36.5 Å². The second kappa shape index (κ2) is 8.17. The second-order valence-electron chi connectivity index (χ2n) is 5.34. The van der Waals surface area contributed by atoms with Crippen molar-refractivity contribution in [2.45, 2.75) is 19.8 Å². The van der Waals surface area contributed by atoms with E-state index in [9.17, 15) is 4.79 Å². The molecule has 0 fully saturated rings. The first kappa shape index (κ1) is 16.8. The minimum atomic E-state index is -0.00482. The number of ether oxygens (including phenoxy) is 1. The summed E-state index contributed by atoms with van der Waals surface area (Å²) in [5.41, 5.74) is 1.43. The number of benzene rings is 1. The summed E-state index contributed by atoms with van der Waals surface area (Å²) in [6.07, 6.45) is 3.67. The molecule has 0 aliphatic heterocycles. The molecule has 0 spiro atoms. The van der Waals surface area contributed by atoms with Gasteiger partial charge in [-0.15, -0.1) is 0 Å². The van der Waals surface area contributed by atoms with Crippen molar-refractivity contribution in [1.82, 2.24) is 9.88 Å². The van der Waals surface area contributed by atoms with E-state index in [1.165, 1.54) is 0 Å². The van der Waals surface area contributed by atoms with Crippen LogP contribution >= 0.6 is 0 Å². The number of anilines is 2. The van der Waals surface area contributed by atoms with E-state index < -0.39 is 0 Å². The number of para-hydroxylation sites is 2. The van der Waals surface area contributed by atoms with Gasteiger partial charge >= 0.3 is 0 Å².